The zero-order valence-corrected chi connectivity index (χ0v) is 11.9. The molecule has 0 unspecified atom stereocenters. The minimum Gasteiger partial charge on any atom is -0.448 e. The Morgan fingerprint density at radius 3 is 2.90 bits per heavy atom. The van der Waals surface area contributed by atoms with E-state index >= 15 is 0 Å². The molecule has 1 aromatic rings. The second-order valence-corrected chi connectivity index (χ2v) is 4.74. The fourth-order valence-corrected chi connectivity index (χ4v) is 1.90. The fourth-order valence-electron chi connectivity index (χ4n) is 1.90. The van der Waals surface area contributed by atoms with E-state index < -0.39 is 18.4 Å². The third kappa shape index (κ3) is 4.75. The van der Waals surface area contributed by atoms with Crippen molar-refractivity contribution < 1.29 is 24.0 Å². The minimum absolute atomic E-state index is 0.295. The molecule has 0 fully saturated rings. The average Bonchev–Trinajstić information content (AvgIpc) is 2.48. The Morgan fingerprint density at radius 1 is 1.43 bits per heavy atom. The molecule has 2 rings (SSSR count). The summed E-state index contributed by atoms with van der Waals surface area (Å²) in [5, 5.41) is 11.4. The van der Waals surface area contributed by atoms with Gasteiger partial charge in [0.2, 0.25) is 0 Å². The molecule has 2 atom stereocenters. The molecule has 114 valence electrons. The summed E-state index contributed by atoms with van der Waals surface area (Å²) in [4.78, 5) is 17.2. The summed E-state index contributed by atoms with van der Waals surface area (Å²) in [6.45, 7) is 2.55. The van der Waals surface area contributed by atoms with Crippen LogP contribution in [0.1, 0.15) is 36.5 Å². The van der Waals surface area contributed by atoms with Crippen LogP contribution in [0.3, 0.4) is 0 Å². The Balaban J connectivity index is 1.90. The zero-order chi connectivity index (χ0) is 15.1. The predicted octanol–water partition coefficient (Wildman–Crippen LogP) is 2.27. The molecule has 0 amide bonds. The number of carbonyl (C=O) groups is 1. The first-order valence-corrected chi connectivity index (χ1v) is 7.04. The maximum absolute atomic E-state index is 11.9. The second kappa shape index (κ2) is 7.64. The van der Waals surface area contributed by atoms with Crippen molar-refractivity contribution in [1.82, 2.24) is 0 Å². The molecule has 0 spiro atoms. The lowest BCUT2D eigenvalue weighted by Crippen LogP contribution is -2.37. The summed E-state index contributed by atoms with van der Waals surface area (Å²) in [6.07, 6.45) is 2.02. The SMILES string of the molecule is CCCCO[C@@H]1C[C@H](OC(=O)c2ccccc2)C=[N+]([O-])O1. The molecule has 0 aliphatic carbocycles. The van der Waals surface area contributed by atoms with Gasteiger partial charge < -0.3 is 14.3 Å². The van der Waals surface area contributed by atoms with E-state index in [1.165, 1.54) is 6.21 Å². The molecular weight excluding hydrogens is 274 g/mol. The molecule has 0 radical (unpaired) electrons. The highest BCUT2D eigenvalue weighted by atomic mass is 16.9. The number of ether oxygens (including phenoxy) is 2. The van der Waals surface area contributed by atoms with E-state index in [9.17, 15) is 10.0 Å². The summed E-state index contributed by atoms with van der Waals surface area (Å²) >= 11 is 0. The number of esters is 1. The third-order valence-electron chi connectivity index (χ3n) is 3.00. The maximum atomic E-state index is 11.9. The molecule has 6 heteroatoms. The van der Waals surface area contributed by atoms with Gasteiger partial charge >= 0.3 is 5.97 Å². The first-order chi connectivity index (χ1) is 10.2. The summed E-state index contributed by atoms with van der Waals surface area (Å²) in [7, 11) is 0. The number of hydrogen-bond donors (Lipinski definition) is 0. The van der Waals surface area contributed by atoms with Gasteiger partial charge in [-0.1, -0.05) is 31.5 Å². The van der Waals surface area contributed by atoms with E-state index in [1.54, 1.807) is 24.3 Å². The molecule has 1 aliphatic heterocycles. The standard InChI is InChI=1S/C15H19NO5/c1-2-3-9-19-14-10-13(11-16(18)21-14)20-15(17)12-7-5-4-6-8-12/h4-8,11,13-14H,2-3,9-10H2,1H3/t13-,14-/m0/s1. The van der Waals surface area contributed by atoms with Crippen molar-refractivity contribution in [1.29, 1.82) is 0 Å². The molecule has 0 bridgehead atoms. The van der Waals surface area contributed by atoms with E-state index in [-0.39, 0.29) is 0 Å². The summed E-state index contributed by atoms with van der Waals surface area (Å²) < 4.78 is 10.7. The lowest BCUT2D eigenvalue weighted by atomic mass is 10.2. The van der Waals surface area contributed by atoms with Crippen LogP contribution in [0, 0.1) is 5.21 Å². The highest BCUT2D eigenvalue weighted by Gasteiger charge is 2.28. The number of benzene rings is 1. The van der Waals surface area contributed by atoms with Crippen LogP contribution in [-0.4, -0.2) is 36.1 Å². The van der Waals surface area contributed by atoms with Gasteiger partial charge in [-0.15, -0.1) is 0 Å². The summed E-state index contributed by atoms with van der Waals surface area (Å²) in [6, 6.07) is 8.63. The van der Waals surface area contributed by atoms with Crippen LogP contribution < -0.4 is 0 Å². The number of hydrogen-bond acceptors (Lipinski definition) is 5. The van der Waals surface area contributed by atoms with Crippen LogP contribution in [0.5, 0.6) is 0 Å². The summed E-state index contributed by atoms with van der Waals surface area (Å²) in [5.41, 5.74) is 0.443. The Bertz CT molecular complexity index is 488. The van der Waals surface area contributed by atoms with Crippen molar-refractivity contribution >= 4 is 12.2 Å². The van der Waals surface area contributed by atoms with Crippen molar-refractivity contribution in [2.24, 2.45) is 0 Å². The lowest BCUT2D eigenvalue weighted by molar-refractivity contribution is -0.769. The molecule has 21 heavy (non-hydrogen) atoms. The Labute approximate surface area is 123 Å². The van der Waals surface area contributed by atoms with Gasteiger partial charge in [0.1, 0.15) is 0 Å². The average molecular weight is 293 g/mol. The minimum atomic E-state index is -0.687. The van der Waals surface area contributed by atoms with Gasteiger partial charge in [-0.05, 0) is 18.6 Å². The molecule has 0 saturated carbocycles. The predicted molar refractivity (Wildman–Crippen MR) is 75.7 cm³/mol. The van der Waals surface area contributed by atoms with Crippen molar-refractivity contribution in [2.75, 3.05) is 6.61 Å². The van der Waals surface area contributed by atoms with E-state index in [0.29, 0.717) is 23.5 Å². The molecule has 6 nitrogen and oxygen atoms in total. The van der Waals surface area contributed by atoms with Crippen LogP contribution in [0.25, 0.3) is 0 Å². The van der Waals surface area contributed by atoms with Crippen LogP contribution in [0.15, 0.2) is 30.3 Å². The molecule has 1 aromatic carbocycles. The van der Waals surface area contributed by atoms with Crippen molar-refractivity contribution in [3.05, 3.63) is 41.1 Å². The third-order valence-corrected chi connectivity index (χ3v) is 3.00. The Kier molecular flexibility index (Phi) is 5.57. The first kappa shape index (κ1) is 15.3. The van der Waals surface area contributed by atoms with Gasteiger partial charge in [0.25, 0.3) is 6.21 Å². The quantitative estimate of drug-likeness (QED) is 0.457. The van der Waals surface area contributed by atoms with Gasteiger partial charge in [-0.25, -0.2) is 4.79 Å². The second-order valence-electron chi connectivity index (χ2n) is 4.74. The molecular formula is C15H19NO5. The van der Waals surface area contributed by atoms with Gasteiger partial charge in [-0.3, -0.25) is 5.21 Å². The molecule has 0 N–H and O–H groups in total. The van der Waals surface area contributed by atoms with Crippen LogP contribution in [-0.2, 0) is 14.3 Å². The number of unbranched alkanes of at least 4 members (excludes halogenated alkanes) is 1. The molecule has 1 heterocycles. The van der Waals surface area contributed by atoms with Crippen molar-refractivity contribution in [3.8, 4) is 0 Å². The fraction of sp³-hybridized carbons (Fsp3) is 0.467. The van der Waals surface area contributed by atoms with Crippen LogP contribution in [0.4, 0.5) is 0 Å². The number of carbonyl (C=O) groups excluding carboxylic acids is 1. The Hall–Kier alpha value is -2.08. The largest absolute Gasteiger partial charge is 0.448 e. The molecule has 0 saturated heterocycles. The van der Waals surface area contributed by atoms with Gasteiger partial charge in [0.05, 0.1) is 5.56 Å². The van der Waals surface area contributed by atoms with Crippen molar-refractivity contribution in [3.63, 3.8) is 0 Å². The maximum Gasteiger partial charge on any atom is 0.338 e. The van der Waals surface area contributed by atoms with E-state index in [1.807, 2.05) is 13.0 Å². The first-order valence-electron chi connectivity index (χ1n) is 7.04. The highest BCUT2D eigenvalue weighted by molar-refractivity contribution is 5.90. The Morgan fingerprint density at radius 2 is 2.19 bits per heavy atom. The number of rotatable bonds is 6. The monoisotopic (exact) mass is 293 g/mol. The van der Waals surface area contributed by atoms with Gasteiger partial charge in [0, 0.05) is 17.9 Å². The molecule has 0 aromatic heterocycles. The van der Waals surface area contributed by atoms with Crippen molar-refractivity contribution in [2.45, 2.75) is 38.6 Å². The van der Waals surface area contributed by atoms with E-state index in [2.05, 4.69) is 0 Å². The topological polar surface area (TPSA) is 70.8 Å². The van der Waals surface area contributed by atoms with Gasteiger partial charge in [0.15, 0.2) is 12.4 Å². The lowest BCUT2D eigenvalue weighted by Gasteiger charge is -2.26. The highest BCUT2D eigenvalue weighted by Crippen LogP contribution is 2.14. The van der Waals surface area contributed by atoms with E-state index in [0.717, 1.165) is 12.8 Å². The smallest absolute Gasteiger partial charge is 0.338 e. The normalized spacial score (nSPS) is 21.3. The summed E-state index contributed by atoms with van der Waals surface area (Å²) in [5.74, 6) is -0.473. The van der Waals surface area contributed by atoms with E-state index in [4.69, 9.17) is 14.3 Å². The zero-order valence-electron chi connectivity index (χ0n) is 11.9. The van der Waals surface area contributed by atoms with Gasteiger partial charge in [-0.2, -0.15) is 0 Å². The number of nitrogens with zero attached hydrogens (tertiary/aromatic N) is 1. The van der Waals surface area contributed by atoms with Crippen LogP contribution in [0.2, 0.25) is 0 Å². The molecule has 1 aliphatic rings. The van der Waals surface area contributed by atoms with Crippen LogP contribution >= 0.6 is 0 Å².